The van der Waals surface area contributed by atoms with Crippen LogP contribution in [0.3, 0.4) is 0 Å². The molecule has 1 amide bonds. The molecule has 0 bridgehead atoms. The third kappa shape index (κ3) is 8.70. The third-order valence-electron chi connectivity index (χ3n) is 5.62. The van der Waals surface area contributed by atoms with Crippen LogP contribution in [0.5, 0.6) is 0 Å². The topological polar surface area (TPSA) is 94.1 Å². The summed E-state index contributed by atoms with van der Waals surface area (Å²) in [6, 6.07) is 27.6. The van der Waals surface area contributed by atoms with Gasteiger partial charge in [0, 0.05) is 6.92 Å². The molecular weight excluding hydrogens is 458 g/mol. The zero-order chi connectivity index (χ0) is 25.6. The van der Waals surface area contributed by atoms with E-state index in [9.17, 15) is 14.7 Å². The molecular formula is C29H33NO6. The van der Waals surface area contributed by atoms with Gasteiger partial charge in [0.05, 0.1) is 26.4 Å². The minimum absolute atomic E-state index is 0.178. The lowest BCUT2D eigenvalue weighted by atomic mass is 10.0. The molecule has 2 N–H and O–H groups in total. The SMILES string of the molecule is CC(=O)N[C@@H](C=O)[C@@H](OCc1ccccc1)[C@H](OCc1ccccc1)[C@@H](CO)OCc1ccccc1. The number of aliphatic hydroxyl groups excluding tert-OH is 1. The summed E-state index contributed by atoms with van der Waals surface area (Å²) in [7, 11) is 0. The smallest absolute Gasteiger partial charge is 0.217 e. The summed E-state index contributed by atoms with van der Waals surface area (Å²) < 4.78 is 18.5. The Morgan fingerprint density at radius 2 is 1.17 bits per heavy atom. The second-order valence-corrected chi connectivity index (χ2v) is 8.40. The summed E-state index contributed by atoms with van der Waals surface area (Å²) in [6.07, 6.45) is -2.00. The number of nitrogens with one attached hydrogen (secondary N) is 1. The Hall–Kier alpha value is -3.36. The lowest BCUT2D eigenvalue weighted by Crippen LogP contribution is -2.55. The maximum absolute atomic E-state index is 12.1. The average molecular weight is 492 g/mol. The van der Waals surface area contributed by atoms with Gasteiger partial charge in [-0.1, -0.05) is 91.0 Å². The van der Waals surface area contributed by atoms with Gasteiger partial charge in [-0.15, -0.1) is 0 Å². The first-order chi connectivity index (χ1) is 17.6. The van der Waals surface area contributed by atoms with Gasteiger partial charge in [0.15, 0.2) is 0 Å². The summed E-state index contributed by atoms with van der Waals surface area (Å²) in [5, 5.41) is 13.0. The van der Waals surface area contributed by atoms with Crippen molar-refractivity contribution in [1.82, 2.24) is 5.32 Å². The van der Waals surface area contributed by atoms with Crippen LogP contribution < -0.4 is 5.32 Å². The fourth-order valence-electron chi connectivity index (χ4n) is 3.81. The molecule has 0 saturated carbocycles. The fraction of sp³-hybridized carbons (Fsp3) is 0.310. The maximum atomic E-state index is 12.1. The summed E-state index contributed by atoms with van der Waals surface area (Å²) in [4.78, 5) is 24.0. The van der Waals surface area contributed by atoms with Gasteiger partial charge in [-0.2, -0.15) is 0 Å². The maximum Gasteiger partial charge on any atom is 0.217 e. The molecule has 0 aliphatic carbocycles. The molecule has 0 fully saturated rings. The molecule has 0 saturated heterocycles. The molecule has 0 aromatic heterocycles. The van der Waals surface area contributed by atoms with Gasteiger partial charge in [0.1, 0.15) is 30.6 Å². The molecule has 0 radical (unpaired) electrons. The van der Waals surface area contributed by atoms with Crippen molar-refractivity contribution < 1.29 is 28.9 Å². The Morgan fingerprint density at radius 3 is 1.56 bits per heavy atom. The van der Waals surface area contributed by atoms with E-state index in [2.05, 4.69) is 5.32 Å². The quantitative estimate of drug-likeness (QED) is 0.317. The van der Waals surface area contributed by atoms with Gasteiger partial charge >= 0.3 is 0 Å². The molecule has 4 atom stereocenters. The van der Waals surface area contributed by atoms with Crippen LogP contribution in [0.1, 0.15) is 23.6 Å². The summed E-state index contributed by atoms with van der Waals surface area (Å²) in [5.41, 5.74) is 2.72. The minimum atomic E-state index is -1.01. The molecule has 0 aliphatic rings. The highest BCUT2D eigenvalue weighted by Crippen LogP contribution is 2.20. The first kappa shape index (κ1) is 27.2. The summed E-state index contributed by atoms with van der Waals surface area (Å²) in [5.74, 6) is -0.382. The Bertz CT molecular complexity index is 1030. The van der Waals surface area contributed by atoms with Gasteiger partial charge in [0.2, 0.25) is 5.91 Å². The number of hydrogen-bond donors (Lipinski definition) is 2. The molecule has 0 unspecified atom stereocenters. The number of ether oxygens (including phenoxy) is 3. The van der Waals surface area contributed by atoms with Gasteiger partial charge in [-0.25, -0.2) is 0 Å². The monoisotopic (exact) mass is 491 g/mol. The van der Waals surface area contributed by atoms with E-state index in [1.807, 2.05) is 91.0 Å². The van der Waals surface area contributed by atoms with Crippen LogP contribution in [0, 0.1) is 0 Å². The predicted molar refractivity (Wildman–Crippen MR) is 136 cm³/mol. The number of aldehydes is 1. The van der Waals surface area contributed by atoms with Crippen molar-refractivity contribution in [3.63, 3.8) is 0 Å². The number of amides is 1. The highest BCUT2D eigenvalue weighted by atomic mass is 16.6. The Kier molecular flexibility index (Phi) is 11.3. The second kappa shape index (κ2) is 14.9. The van der Waals surface area contributed by atoms with Gasteiger partial charge < -0.3 is 29.4 Å². The predicted octanol–water partition coefficient (Wildman–Crippen LogP) is 3.44. The Balaban J connectivity index is 1.88. The van der Waals surface area contributed by atoms with Crippen LogP contribution in [0.2, 0.25) is 0 Å². The van der Waals surface area contributed by atoms with E-state index in [1.165, 1.54) is 6.92 Å². The Morgan fingerprint density at radius 1 is 0.750 bits per heavy atom. The van der Waals surface area contributed by atoms with E-state index in [-0.39, 0.29) is 32.3 Å². The van der Waals surface area contributed by atoms with Crippen LogP contribution in [-0.4, -0.2) is 48.3 Å². The van der Waals surface area contributed by atoms with Crippen molar-refractivity contribution in [3.05, 3.63) is 108 Å². The van der Waals surface area contributed by atoms with E-state index in [1.54, 1.807) is 0 Å². The zero-order valence-electron chi connectivity index (χ0n) is 20.4. The largest absolute Gasteiger partial charge is 0.394 e. The molecule has 3 aromatic carbocycles. The fourth-order valence-corrected chi connectivity index (χ4v) is 3.81. The molecule has 7 nitrogen and oxygen atoms in total. The molecule has 3 aromatic rings. The standard InChI is InChI=1S/C29H33NO6/c1-22(33)30-26(17-31)28(35-20-24-13-7-3-8-14-24)29(36-21-25-15-9-4-10-16-25)27(18-32)34-19-23-11-5-2-6-12-23/h2-17,26-29,32H,18-21H2,1H3,(H,30,33)/t26-,27+,28+,29+/m0/s1. The molecule has 7 heteroatoms. The van der Waals surface area contributed by atoms with Crippen molar-refractivity contribution >= 4 is 12.2 Å². The molecule has 190 valence electrons. The van der Waals surface area contributed by atoms with Crippen LogP contribution >= 0.6 is 0 Å². The third-order valence-corrected chi connectivity index (χ3v) is 5.62. The van der Waals surface area contributed by atoms with Crippen molar-refractivity contribution in [1.29, 1.82) is 0 Å². The van der Waals surface area contributed by atoms with Crippen LogP contribution in [0.4, 0.5) is 0 Å². The van der Waals surface area contributed by atoms with E-state index < -0.39 is 24.4 Å². The van der Waals surface area contributed by atoms with Crippen molar-refractivity contribution in [2.24, 2.45) is 0 Å². The summed E-state index contributed by atoms with van der Waals surface area (Å²) >= 11 is 0. The van der Waals surface area contributed by atoms with Crippen LogP contribution in [0.15, 0.2) is 91.0 Å². The lowest BCUT2D eigenvalue weighted by molar-refractivity contribution is -0.170. The lowest BCUT2D eigenvalue weighted by Gasteiger charge is -2.35. The zero-order valence-corrected chi connectivity index (χ0v) is 20.4. The number of carbonyl (C=O) groups excluding carboxylic acids is 2. The Labute approximate surface area is 212 Å². The highest BCUT2D eigenvalue weighted by molar-refractivity contribution is 5.77. The van der Waals surface area contributed by atoms with Crippen molar-refractivity contribution in [3.8, 4) is 0 Å². The number of benzene rings is 3. The van der Waals surface area contributed by atoms with Crippen LogP contribution in [0.25, 0.3) is 0 Å². The van der Waals surface area contributed by atoms with Crippen LogP contribution in [-0.2, 0) is 43.6 Å². The normalized spacial score (nSPS) is 14.4. The van der Waals surface area contributed by atoms with Crippen molar-refractivity contribution in [2.75, 3.05) is 6.61 Å². The number of hydrogen-bond acceptors (Lipinski definition) is 6. The van der Waals surface area contributed by atoms with Crippen molar-refractivity contribution in [2.45, 2.75) is 51.1 Å². The first-order valence-corrected chi connectivity index (χ1v) is 11.9. The first-order valence-electron chi connectivity index (χ1n) is 11.9. The number of aliphatic hydroxyl groups is 1. The summed E-state index contributed by atoms with van der Waals surface area (Å²) in [6.45, 7) is 1.57. The van der Waals surface area contributed by atoms with E-state index in [4.69, 9.17) is 14.2 Å². The minimum Gasteiger partial charge on any atom is -0.394 e. The van der Waals surface area contributed by atoms with E-state index in [0.29, 0.717) is 6.29 Å². The average Bonchev–Trinajstić information content (AvgIpc) is 2.92. The van der Waals surface area contributed by atoms with Gasteiger partial charge in [0.25, 0.3) is 0 Å². The van der Waals surface area contributed by atoms with Gasteiger partial charge in [-0.3, -0.25) is 4.79 Å². The molecule has 3 rings (SSSR count). The second-order valence-electron chi connectivity index (χ2n) is 8.40. The van der Waals surface area contributed by atoms with E-state index >= 15 is 0 Å². The molecule has 0 heterocycles. The van der Waals surface area contributed by atoms with Gasteiger partial charge in [-0.05, 0) is 16.7 Å². The highest BCUT2D eigenvalue weighted by Gasteiger charge is 2.38. The molecule has 36 heavy (non-hydrogen) atoms. The molecule has 0 spiro atoms. The number of rotatable bonds is 15. The number of carbonyl (C=O) groups is 2. The van der Waals surface area contributed by atoms with E-state index in [0.717, 1.165) is 16.7 Å². The molecule has 0 aliphatic heterocycles.